The summed E-state index contributed by atoms with van der Waals surface area (Å²) in [4.78, 5) is 19.0. The third-order valence-corrected chi connectivity index (χ3v) is 4.86. The summed E-state index contributed by atoms with van der Waals surface area (Å²) in [6, 6.07) is 8.36. The highest BCUT2D eigenvalue weighted by Crippen LogP contribution is 2.23. The number of aryl methyl sites for hydroxylation is 1. The second-order valence-corrected chi connectivity index (χ2v) is 6.29. The summed E-state index contributed by atoms with van der Waals surface area (Å²) in [6.07, 6.45) is 6.47. The molecule has 5 heteroatoms. The lowest BCUT2D eigenvalue weighted by atomic mass is 10.1. The van der Waals surface area contributed by atoms with Gasteiger partial charge in [0.05, 0.1) is 11.9 Å². The number of fused-ring (bicyclic) bond motifs is 1. The monoisotopic (exact) mass is 326 g/mol. The van der Waals surface area contributed by atoms with Crippen molar-refractivity contribution >= 4 is 21.6 Å². The number of halogens is 1. The Morgan fingerprint density at radius 3 is 2.87 bits per heavy atom. The molecular formula is C18H15FN2OS. The van der Waals surface area contributed by atoms with Crippen LogP contribution in [-0.2, 0) is 19.4 Å². The Labute approximate surface area is 137 Å². The number of terminal acetylenes is 1. The van der Waals surface area contributed by atoms with Gasteiger partial charge in [-0.05, 0) is 24.1 Å². The highest BCUT2D eigenvalue weighted by atomic mass is 32.1. The van der Waals surface area contributed by atoms with Crippen molar-refractivity contribution in [2.45, 2.75) is 26.3 Å². The molecule has 0 atom stereocenters. The minimum Gasteiger partial charge on any atom is -0.284 e. The van der Waals surface area contributed by atoms with Crippen LogP contribution in [0.5, 0.6) is 0 Å². The molecule has 2 aromatic heterocycles. The van der Waals surface area contributed by atoms with Gasteiger partial charge >= 0.3 is 0 Å². The molecule has 0 fully saturated rings. The summed E-state index contributed by atoms with van der Waals surface area (Å²) in [5.41, 5.74) is 0.340. The van der Waals surface area contributed by atoms with Crippen LogP contribution in [0.1, 0.15) is 23.2 Å². The van der Waals surface area contributed by atoms with Crippen molar-refractivity contribution in [3.63, 3.8) is 0 Å². The normalized spacial score (nSPS) is 10.8. The minimum atomic E-state index is -0.311. The van der Waals surface area contributed by atoms with Gasteiger partial charge in [0.25, 0.3) is 5.56 Å². The van der Waals surface area contributed by atoms with Crippen LogP contribution in [0.4, 0.5) is 4.39 Å². The second kappa shape index (κ2) is 6.35. The zero-order chi connectivity index (χ0) is 16.4. The van der Waals surface area contributed by atoms with Crippen LogP contribution < -0.4 is 5.56 Å². The van der Waals surface area contributed by atoms with Crippen LogP contribution in [0.3, 0.4) is 0 Å². The number of benzene rings is 1. The Kier molecular flexibility index (Phi) is 4.26. The summed E-state index contributed by atoms with van der Waals surface area (Å²) in [7, 11) is 0. The summed E-state index contributed by atoms with van der Waals surface area (Å²) < 4.78 is 15.4. The molecule has 0 aliphatic heterocycles. The molecule has 0 bridgehead atoms. The lowest BCUT2D eigenvalue weighted by molar-refractivity contribution is 0.607. The zero-order valence-corrected chi connectivity index (χ0v) is 13.5. The number of rotatable bonds is 4. The third-order valence-electron chi connectivity index (χ3n) is 3.69. The van der Waals surface area contributed by atoms with E-state index in [0.29, 0.717) is 21.6 Å². The number of hydrogen-bond acceptors (Lipinski definition) is 3. The molecule has 2 heterocycles. The molecule has 3 aromatic rings. The molecular weight excluding hydrogens is 311 g/mol. The van der Waals surface area contributed by atoms with E-state index < -0.39 is 0 Å². The standard InChI is InChI=1S/C18H15FN2OS/c1-3-9-21-16(10-12-7-5-6-8-15(12)19)20-17-14(18(21)22)11-13(4-2)23-17/h1,5-8,11H,4,9-10H2,2H3. The van der Waals surface area contributed by atoms with Gasteiger partial charge in [0.1, 0.15) is 16.5 Å². The average Bonchev–Trinajstić information content (AvgIpc) is 2.97. The van der Waals surface area contributed by atoms with Gasteiger partial charge in [0.2, 0.25) is 0 Å². The predicted molar refractivity (Wildman–Crippen MR) is 91.3 cm³/mol. The van der Waals surface area contributed by atoms with Gasteiger partial charge < -0.3 is 0 Å². The van der Waals surface area contributed by atoms with Gasteiger partial charge in [-0.2, -0.15) is 0 Å². The molecule has 0 amide bonds. The molecule has 0 saturated heterocycles. The maximum Gasteiger partial charge on any atom is 0.263 e. The Morgan fingerprint density at radius 2 is 2.17 bits per heavy atom. The number of thiophene rings is 1. The second-order valence-electron chi connectivity index (χ2n) is 5.18. The number of aromatic nitrogens is 2. The fourth-order valence-corrected chi connectivity index (χ4v) is 3.46. The maximum absolute atomic E-state index is 13.9. The van der Waals surface area contributed by atoms with Crippen LogP contribution in [-0.4, -0.2) is 9.55 Å². The molecule has 3 nitrogen and oxygen atoms in total. The SMILES string of the molecule is C#CCn1c(Cc2ccccc2F)nc2sc(CC)cc2c1=O. The van der Waals surface area contributed by atoms with Crippen molar-refractivity contribution in [2.75, 3.05) is 0 Å². The van der Waals surface area contributed by atoms with E-state index >= 15 is 0 Å². The summed E-state index contributed by atoms with van der Waals surface area (Å²) in [6.45, 7) is 2.16. The van der Waals surface area contributed by atoms with E-state index in [1.54, 1.807) is 18.2 Å². The van der Waals surface area contributed by atoms with Crippen LogP contribution in [0.2, 0.25) is 0 Å². The molecule has 0 aliphatic carbocycles. The van der Waals surface area contributed by atoms with Gasteiger partial charge in [0, 0.05) is 11.3 Å². The van der Waals surface area contributed by atoms with Gasteiger partial charge in [-0.3, -0.25) is 9.36 Å². The molecule has 0 saturated carbocycles. The van der Waals surface area contributed by atoms with Crippen LogP contribution in [0.15, 0.2) is 35.1 Å². The van der Waals surface area contributed by atoms with Crippen molar-refractivity contribution < 1.29 is 4.39 Å². The number of nitrogens with zero attached hydrogens (tertiary/aromatic N) is 2. The van der Waals surface area contributed by atoms with Crippen molar-refractivity contribution in [1.82, 2.24) is 9.55 Å². The highest BCUT2D eigenvalue weighted by Gasteiger charge is 2.14. The maximum atomic E-state index is 13.9. The molecule has 0 aliphatic rings. The van der Waals surface area contributed by atoms with E-state index in [1.165, 1.54) is 22.0 Å². The first-order valence-corrected chi connectivity index (χ1v) is 8.14. The Hall–Kier alpha value is -2.45. The van der Waals surface area contributed by atoms with Crippen molar-refractivity contribution in [3.8, 4) is 12.3 Å². The van der Waals surface area contributed by atoms with Crippen molar-refractivity contribution in [3.05, 3.63) is 62.8 Å². The Morgan fingerprint density at radius 1 is 1.39 bits per heavy atom. The van der Waals surface area contributed by atoms with Gasteiger partial charge in [0.15, 0.2) is 0 Å². The summed E-state index contributed by atoms with van der Waals surface area (Å²) in [5, 5.41) is 0.583. The van der Waals surface area contributed by atoms with Crippen molar-refractivity contribution in [1.29, 1.82) is 0 Å². The van der Waals surface area contributed by atoms with Crippen LogP contribution >= 0.6 is 11.3 Å². The van der Waals surface area contributed by atoms with E-state index in [9.17, 15) is 9.18 Å². The van der Waals surface area contributed by atoms with E-state index in [-0.39, 0.29) is 24.3 Å². The van der Waals surface area contributed by atoms with Crippen LogP contribution in [0.25, 0.3) is 10.2 Å². The zero-order valence-electron chi connectivity index (χ0n) is 12.7. The highest BCUT2D eigenvalue weighted by molar-refractivity contribution is 7.18. The van der Waals surface area contributed by atoms with Gasteiger partial charge in [-0.15, -0.1) is 17.8 Å². The lowest BCUT2D eigenvalue weighted by Crippen LogP contribution is -2.24. The van der Waals surface area contributed by atoms with Crippen LogP contribution in [0, 0.1) is 18.2 Å². The quantitative estimate of drug-likeness (QED) is 0.689. The molecule has 1 aromatic carbocycles. The first-order chi connectivity index (χ1) is 11.1. The van der Waals surface area contributed by atoms with Gasteiger partial charge in [-0.25, -0.2) is 9.37 Å². The smallest absolute Gasteiger partial charge is 0.263 e. The number of hydrogen-bond donors (Lipinski definition) is 0. The summed E-state index contributed by atoms with van der Waals surface area (Å²) in [5.74, 6) is 2.67. The third kappa shape index (κ3) is 2.90. The van der Waals surface area contributed by atoms with Crippen molar-refractivity contribution in [2.24, 2.45) is 0 Å². The molecule has 0 radical (unpaired) electrons. The molecule has 3 rings (SSSR count). The first kappa shape index (κ1) is 15.4. The summed E-state index contributed by atoms with van der Waals surface area (Å²) >= 11 is 1.50. The molecule has 116 valence electrons. The Balaban J connectivity index is 2.18. The molecule has 0 N–H and O–H groups in total. The Bertz CT molecular complexity index is 965. The van der Waals surface area contributed by atoms with E-state index in [1.807, 2.05) is 13.0 Å². The molecule has 0 unspecified atom stereocenters. The fourth-order valence-electron chi connectivity index (χ4n) is 2.48. The first-order valence-electron chi connectivity index (χ1n) is 7.33. The minimum absolute atomic E-state index is 0.128. The topological polar surface area (TPSA) is 34.9 Å². The van der Waals surface area contributed by atoms with Gasteiger partial charge in [-0.1, -0.05) is 31.0 Å². The average molecular weight is 326 g/mol. The van der Waals surface area contributed by atoms with E-state index in [2.05, 4.69) is 10.9 Å². The van der Waals surface area contributed by atoms with E-state index in [4.69, 9.17) is 6.42 Å². The predicted octanol–water partition coefficient (Wildman–Crippen LogP) is 3.38. The fraction of sp³-hybridized carbons (Fsp3) is 0.222. The molecule has 0 spiro atoms. The molecule has 23 heavy (non-hydrogen) atoms. The largest absolute Gasteiger partial charge is 0.284 e. The van der Waals surface area contributed by atoms with E-state index in [0.717, 1.165) is 11.3 Å². The lowest BCUT2D eigenvalue weighted by Gasteiger charge is -2.10.